The molecule has 168 valence electrons. The Hall–Kier alpha value is -3.61. The molecule has 0 unspecified atom stereocenters. The quantitative estimate of drug-likeness (QED) is 0.657. The number of esters is 1. The number of alkyl halides is 3. The zero-order chi connectivity index (χ0) is 23.3. The fraction of sp³-hybridized carbons (Fsp3) is 0.364. The van der Waals surface area contributed by atoms with E-state index in [2.05, 4.69) is 4.98 Å². The molecule has 2 aromatic rings. The van der Waals surface area contributed by atoms with Gasteiger partial charge >= 0.3 is 12.1 Å². The molecule has 1 aliphatic heterocycles. The second kappa shape index (κ2) is 9.68. The molecule has 0 aliphatic carbocycles. The van der Waals surface area contributed by atoms with Crippen molar-refractivity contribution in [3.05, 3.63) is 58.8 Å². The molecule has 0 spiro atoms. The van der Waals surface area contributed by atoms with E-state index in [1.54, 1.807) is 4.90 Å². The molecule has 1 aliphatic rings. The molecule has 1 amide bonds. The van der Waals surface area contributed by atoms with E-state index < -0.39 is 23.4 Å². The van der Waals surface area contributed by atoms with Crippen LogP contribution in [0.3, 0.4) is 0 Å². The number of halogens is 3. The number of ether oxygens (including phenoxy) is 1. The lowest BCUT2D eigenvalue weighted by Gasteiger charge is -2.36. The normalized spacial score (nSPS) is 14.1. The van der Waals surface area contributed by atoms with Gasteiger partial charge in [-0.15, -0.1) is 0 Å². The number of benzene rings is 1. The maximum absolute atomic E-state index is 13.6. The molecular formula is C22H21F3N4O3. The average molecular weight is 446 g/mol. The minimum atomic E-state index is -4.90. The summed E-state index contributed by atoms with van der Waals surface area (Å²) >= 11 is 0. The van der Waals surface area contributed by atoms with Crippen molar-refractivity contribution in [2.24, 2.45) is 0 Å². The van der Waals surface area contributed by atoms with Gasteiger partial charge in [0.05, 0.1) is 24.2 Å². The van der Waals surface area contributed by atoms with E-state index in [0.717, 1.165) is 11.6 Å². The molecule has 0 radical (unpaired) electrons. The summed E-state index contributed by atoms with van der Waals surface area (Å²) < 4.78 is 45.4. The minimum Gasteiger partial charge on any atom is -0.462 e. The third-order valence-corrected chi connectivity index (χ3v) is 5.02. The number of piperazine rings is 1. The Morgan fingerprint density at radius 3 is 2.38 bits per heavy atom. The Morgan fingerprint density at radius 1 is 1.16 bits per heavy atom. The van der Waals surface area contributed by atoms with Gasteiger partial charge in [0.15, 0.2) is 5.69 Å². The predicted molar refractivity (Wildman–Crippen MR) is 109 cm³/mol. The van der Waals surface area contributed by atoms with E-state index >= 15 is 0 Å². The number of hydrogen-bond acceptors (Lipinski definition) is 6. The molecule has 1 aromatic carbocycles. The maximum Gasteiger partial charge on any atom is 0.434 e. The third-order valence-electron chi connectivity index (χ3n) is 5.02. The van der Waals surface area contributed by atoms with Gasteiger partial charge in [-0.1, -0.05) is 30.3 Å². The van der Waals surface area contributed by atoms with Crippen molar-refractivity contribution in [3.63, 3.8) is 0 Å². The van der Waals surface area contributed by atoms with Crippen molar-refractivity contribution < 1.29 is 27.5 Å². The fourth-order valence-electron chi connectivity index (χ4n) is 3.46. The monoisotopic (exact) mass is 446 g/mol. The highest BCUT2D eigenvalue weighted by Gasteiger charge is 2.39. The number of rotatable bonds is 5. The number of pyridine rings is 1. The molecule has 32 heavy (non-hydrogen) atoms. The van der Waals surface area contributed by atoms with Gasteiger partial charge in [-0.25, -0.2) is 9.78 Å². The average Bonchev–Trinajstić information content (AvgIpc) is 2.78. The first kappa shape index (κ1) is 23.1. The van der Waals surface area contributed by atoms with Crippen LogP contribution in [0.25, 0.3) is 0 Å². The molecule has 0 saturated carbocycles. The summed E-state index contributed by atoms with van der Waals surface area (Å²) in [5.74, 6) is -1.44. The number of nitriles is 1. The van der Waals surface area contributed by atoms with Crippen LogP contribution in [-0.2, 0) is 22.1 Å². The third kappa shape index (κ3) is 5.17. The van der Waals surface area contributed by atoms with E-state index in [4.69, 9.17) is 4.74 Å². The summed E-state index contributed by atoms with van der Waals surface area (Å²) in [6.07, 6.45) is -4.67. The van der Waals surface area contributed by atoms with Gasteiger partial charge in [0.1, 0.15) is 11.9 Å². The van der Waals surface area contributed by atoms with Crippen molar-refractivity contribution in [1.82, 2.24) is 9.88 Å². The highest BCUT2D eigenvalue weighted by atomic mass is 19.4. The van der Waals surface area contributed by atoms with E-state index in [1.165, 1.54) is 11.8 Å². The smallest absolute Gasteiger partial charge is 0.434 e. The molecular weight excluding hydrogens is 425 g/mol. The second-order valence-electron chi connectivity index (χ2n) is 7.12. The Balaban J connectivity index is 1.80. The van der Waals surface area contributed by atoms with E-state index in [0.29, 0.717) is 0 Å². The van der Waals surface area contributed by atoms with E-state index in [9.17, 15) is 28.0 Å². The number of aromatic nitrogens is 1. The largest absolute Gasteiger partial charge is 0.462 e. The second-order valence-corrected chi connectivity index (χ2v) is 7.12. The first-order valence-electron chi connectivity index (χ1n) is 10.0. The fourth-order valence-corrected chi connectivity index (χ4v) is 3.46. The summed E-state index contributed by atoms with van der Waals surface area (Å²) in [7, 11) is 0. The highest BCUT2D eigenvalue weighted by molar-refractivity contribution is 5.92. The molecule has 7 nitrogen and oxygen atoms in total. The van der Waals surface area contributed by atoms with Crippen LogP contribution < -0.4 is 4.90 Å². The first-order chi connectivity index (χ1) is 15.2. The SMILES string of the molecule is CCOC(=O)c1cc(C#N)c(N2CCN(C(=O)Cc3ccccc3)CC2)nc1C(F)(F)F. The number of amides is 1. The molecule has 1 fully saturated rings. The van der Waals surface area contributed by atoms with Crippen molar-refractivity contribution in [3.8, 4) is 6.07 Å². The molecule has 0 bridgehead atoms. The number of carbonyl (C=O) groups is 2. The number of hydrogen-bond donors (Lipinski definition) is 0. The molecule has 3 rings (SSSR count). The minimum absolute atomic E-state index is 0.0852. The van der Waals surface area contributed by atoms with Crippen LogP contribution in [0.15, 0.2) is 36.4 Å². The number of carbonyl (C=O) groups excluding carboxylic acids is 2. The van der Waals surface area contributed by atoms with Gasteiger partial charge in [-0.2, -0.15) is 18.4 Å². The molecule has 0 N–H and O–H groups in total. The first-order valence-corrected chi connectivity index (χ1v) is 10.0. The Bertz CT molecular complexity index is 1030. The van der Waals surface area contributed by atoms with E-state index in [-0.39, 0.29) is 56.5 Å². The van der Waals surface area contributed by atoms with Crippen LogP contribution in [0.2, 0.25) is 0 Å². The summed E-state index contributed by atoms with van der Waals surface area (Å²) in [6, 6.07) is 11.9. The van der Waals surface area contributed by atoms with Gasteiger partial charge in [-0.3, -0.25) is 4.79 Å². The van der Waals surface area contributed by atoms with Crippen molar-refractivity contribution in [1.29, 1.82) is 5.26 Å². The van der Waals surface area contributed by atoms with Crippen molar-refractivity contribution in [2.45, 2.75) is 19.5 Å². The summed E-state index contributed by atoms with van der Waals surface area (Å²) in [6.45, 7) is 2.32. The van der Waals surface area contributed by atoms with Gasteiger partial charge in [0.2, 0.25) is 5.91 Å². The zero-order valence-corrected chi connectivity index (χ0v) is 17.4. The molecule has 2 heterocycles. The maximum atomic E-state index is 13.6. The predicted octanol–water partition coefficient (Wildman–Crippen LogP) is 3.04. The van der Waals surface area contributed by atoms with Gasteiger partial charge < -0.3 is 14.5 Å². The van der Waals surface area contributed by atoms with E-state index in [1.807, 2.05) is 36.4 Å². The van der Waals surface area contributed by atoms with Crippen LogP contribution >= 0.6 is 0 Å². The summed E-state index contributed by atoms with van der Waals surface area (Å²) in [5, 5.41) is 9.47. The van der Waals surface area contributed by atoms with Crippen LogP contribution in [0, 0.1) is 11.3 Å². The summed E-state index contributed by atoms with van der Waals surface area (Å²) in [4.78, 5) is 31.4. The van der Waals surface area contributed by atoms with Gasteiger partial charge in [0, 0.05) is 26.2 Å². The van der Waals surface area contributed by atoms with Crippen molar-refractivity contribution in [2.75, 3.05) is 37.7 Å². The van der Waals surface area contributed by atoms with Crippen LogP contribution in [0.1, 0.15) is 34.1 Å². The highest BCUT2D eigenvalue weighted by Crippen LogP contribution is 2.34. The number of anilines is 1. The molecule has 0 atom stereocenters. The summed E-state index contributed by atoms with van der Waals surface area (Å²) in [5.41, 5.74) is -1.48. The molecule has 1 saturated heterocycles. The standard InChI is InChI=1S/C22H21F3N4O3/c1-2-32-21(31)17-13-16(14-26)20(27-19(17)22(23,24)25)29-10-8-28(9-11-29)18(30)12-15-6-4-3-5-7-15/h3-7,13H,2,8-12H2,1H3. The van der Waals surface area contributed by atoms with Gasteiger partial charge in [-0.05, 0) is 18.6 Å². The van der Waals surface area contributed by atoms with Crippen LogP contribution in [0.4, 0.5) is 19.0 Å². The zero-order valence-electron chi connectivity index (χ0n) is 17.4. The Morgan fingerprint density at radius 2 is 1.81 bits per heavy atom. The Kier molecular flexibility index (Phi) is 6.98. The van der Waals surface area contributed by atoms with Gasteiger partial charge in [0.25, 0.3) is 0 Å². The van der Waals surface area contributed by atoms with Crippen LogP contribution in [0.5, 0.6) is 0 Å². The lowest BCUT2D eigenvalue weighted by molar-refractivity contribution is -0.141. The van der Waals surface area contributed by atoms with Crippen molar-refractivity contribution >= 4 is 17.7 Å². The molecule has 10 heteroatoms. The molecule has 1 aromatic heterocycles. The lowest BCUT2D eigenvalue weighted by atomic mass is 10.1. The van der Waals surface area contributed by atoms with Crippen LogP contribution in [-0.4, -0.2) is 54.5 Å². The lowest BCUT2D eigenvalue weighted by Crippen LogP contribution is -2.49. The number of nitrogens with zero attached hydrogens (tertiary/aromatic N) is 4. The Labute approximate surface area is 183 Å². The topological polar surface area (TPSA) is 86.5 Å².